The molecule has 0 aliphatic carbocycles. The molecular weight excluding hydrogens is 318 g/mol. The highest BCUT2D eigenvalue weighted by atomic mass is 16.6. The Labute approximate surface area is 150 Å². The normalized spacial score (nSPS) is 21.6. The number of hydrogen-bond donors (Lipinski definition) is 1. The van der Waals surface area contributed by atoms with Crippen molar-refractivity contribution in [3.8, 4) is 5.75 Å². The Morgan fingerprint density at radius 2 is 1.84 bits per heavy atom. The van der Waals surface area contributed by atoms with Crippen molar-refractivity contribution >= 4 is 5.97 Å². The van der Waals surface area contributed by atoms with E-state index in [0.29, 0.717) is 11.8 Å². The zero-order valence-corrected chi connectivity index (χ0v) is 15.0. The Balaban J connectivity index is 1.37. The van der Waals surface area contributed by atoms with Crippen molar-refractivity contribution in [2.45, 2.75) is 32.0 Å². The molecule has 3 rings (SSSR count). The summed E-state index contributed by atoms with van der Waals surface area (Å²) in [5.74, 6) is 0.361. The maximum Gasteiger partial charge on any atom is 0.345 e. The van der Waals surface area contributed by atoms with Gasteiger partial charge in [0.15, 0.2) is 12.8 Å². The van der Waals surface area contributed by atoms with Gasteiger partial charge in [0.25, 0.3) is 0 Å². The van der Waals surface area contributed by atoms with Crippen molar-refractivity contribution in [2.24, 2.45) is 0 Å². The SMILES string of the molecule is CC(OC(=O)COc1ccccc1)N1CCN(C2CCNCC2)CC1. The number of hydrogen-bond acceptors (Lipinski definition) is 6. The molecule has 0 amide bonds. The number of piperazine rings is 1. The van der Waals surface area contributed by atoms with Crippen LogP contribution in [-0.4, -0.2) is 73.9 Å². The van der Waals surface area contributed by atoms with Crippen LogP contribution in [0.15, 0.2) is 30.3 Å². The summed E-state index contributed by atoms with van der Waals surface area (Å²) in [5.41, 5.74) is 0. The zero-order chi connectivity index (χ0) is 17.5. The van der Waals surface area contributed by atoms with E-state index in [4.69, 9.17) is 9.47 Å². The monoisotopic (exact) mass is 347 g/mol. The largest absolute Gasteiger partial charge is 0.482 e. The Kier molecular flexibility index (Phi) is 6.67. The van der Waals surface area contributed by atoms with E-state index >= 15 is 0 Å². The number of carbonyl (C=O) groups excluding carboxylic acids is 1. The molecule has 2 saturated heterocycles. The summed E-state index contributed by atoms with van der Waals surface area (Å²) in [6.45, 7) is 8.13. The second kappa shape index (κ2) is 9.17. The van der Waals surface area contributed by atoms with Gasteiger partial charge in [0.2, 0.25) is 0 Å². The van der Waals surface area contributed by atoms with Gasteiger partial charge >= 0.3 is 5.97 Å². The Hall–Kier alpha value is -1.63. The Morgan fingerprint density at radius 1 is 1.16 bits per heavy atom. The van der Waals surface area contributed by atoms with Crippen molar-refractivity contribution in [3.63, 3.8) is 0 Å². The van der Waals surface area contributed by atoms with Crippen molar-refractivity contribution < 1.29 is 14.3 Å². The van der Waals surface area contributed by atoms with Gasteiger partial charge in [0.1, 0.15) is 5.75 Å². The first-order valence-corrected chi connectivity index (χ1v) is 9.28. The second-order valence-electron chi connectivity index (χ2n) is 6.74. The summed E-state index contributed by atoms with van der Waals surface area (Å²) >= 11 is 0. The van der Waals surface area contributed by atoms with Crippen LogP contribution in [0.2, 0.25) is 0 Å². The number of nitrogens with zero attached hydrogens (tertiary/aromatic N) is 2. The fraction of sp³-hybridized carbons (Fsp3) is 0.632. The van der Waals surface area contributed by atoms with E-state index < -0.39 is 0 Å². The van der Waals surface area contributed by atoms with Gasteiger partial charge < -0.3 is 14.8 Å². The summed E-state index contributed by atoms with van der Waals surface area (Å²) in [6.07, 6.45) is 2.27. The highest BCUT2D eigenvalue weighted by Gasteiger charge is 2.28. The minimum Gasteiger partial charge on any atom is -0.482 e. The molecular formula is C19H29N3O3. The highest BCUT2D eigenvalue weighted by Crippen LogP contribution is 2.16. The number of carbonyl (C=O) groups is 1. The van der Waals surface area contributed by atoms with E-state index in [0.717, 1.165) is 39.3 Å². The smallest absolute Gasteiger partial charge is 0.345 e. The average molecular weight is 347 g/mol. The van der Waals surface area contributed by atoms with Gasteiger partial charge in [-0.1, -0.05) is 18.2 Å². The van der Waals surface area contributed by atoms with Crippen LogP contribution in [0.25, 0.3) is 0 Å². The maximum absolute atomic E-state index is 12.0. The molecule has 0 bridgehead atoms. The molecule has 138 valence electrons. The number of rotatable bonds is 6. The van der Waals surface area contributed by atoms with Gasteiger partial charge in [-0.25, -0.2) is 4.79 Å². The lowest BCUT2D eigenvalue weighted by Crippen LogP contribution is -2.55. The number of piperidine rings is 1. The number of para-hydroxylation sites is 1. The first kappa shape index (κ1) is 18.2. The molecule has 2 fully saturated rings. The van der Waals surface area contributed by atoms with Crippen molar-refractivity contribution in [1.29, 1.82) is 0 Å². The minimum atomic E-state index is -0.322. The number of nitrogens with one attached hydrogen (secondary N) is 1. The second-order valence-corrected chi connectivity index (χ2v) is 6.74. The van der Waals surface area contributed by atoms with E-state index in [1.807, 2.05) is 37.3 Å². The molecule has 0 saturated carbocycles. The molecule has 1 N–H and O–H groups in total. The van der Waals surface area contributed by atoms with Crippen LogP contribution < -0.4 is 10.1 Å². The summed E-state index contributed by atoms with van der Waals surface area (Å²) < 4.78 is 11.0. The molecule has 1 aromatic carbocycles. The van der Waals surface area contributed by atoms with Crippen LogP contribution in [-0.2, 0) is 9.53 Å². The molecule has 1 unspecified atom stereocenters. The minimum absolute atomic E-state index is 0.0522. The van der Waals surface area contributed by atoms with Crippen LogP contribution >= 0.6 is 0 Å². The van der Waals surface area contributed by atoms with Crippen LogP contribution in [0.3, 0.4) is 0 Å². The lowest BCUT2D eigenvalue weighted by atomic mass is 10.0. The quantitative estimate of drug-likeness (QED) is 0.784. The van der Waals surface area contributed by atoms with Crippen LogP contribution in [0, 0.1) is 0 Å². The van der Waals surface area contributed by atoms with Crippen molar-refractivity contribution in [3.05, 3.63) is 30.3 Å². The molecule has 0 spiro atoms. The lowest BCUT2D eigenvalue weighted by Gasteiger charge is -2.42. The van der Waals surface area contributed by atoms with E-state index in [-0.39, 0.29) is 18.8 Å². The van der Waals surface area contributed by atoms with Gasteiger partial charge in [0, 0.05) is 32.2 Å². The fourth-order valence-electron chi connectivity index (χ4n) is 3.60. The summed E-state index contributed by atoms with van der Waals surface area (Å²) in [4.78, 5) is 16.8. The van der Waals surface area contributed by atoms with Gasteiger partial charge in [-0.05, 0) is 45.0 Å². The lowest BCUT2D eigenvalue weighted by molar-refractivity contribution is -0.161. The number of ether oxygens (including phenoxy) is 2. The molecule has 2 aliphatic rings. The zero-order valence-electron chi connectivity index (χ0n) is 15.0. The molecule has 2 heterocycles. The van der Waals surface area contributed by atoms with Crippen LogP contribution in [0.4, 0.5) is 0 Å². The molecule has 6 nitrogen and oxygen atoms in total. The van der Waals surface area contributed by atoms with Crippen molar-refractivity contribution in [1.82, 2.24) is 15.1 Å². The van der Waals surface area contributed by atoms with E-state index in [1.54, 1.807) is 0 Å². The Morgan fingerprint density at radius 3 is 2.52 bits per heavy atom. The standard InChI is InChI=1S/C19H29N3O3/c1-16(25-19(23)15-24-18-5-3-2-4-6-18)21-11-13-22(14-12-21)17-7-9-20-10-8-17/h2-6,16-17,20H,7-15H2,1H3. The summed E-state index contributed by atoms with van der Waals surface area (Å²) in [5, 5.41) is 3.42. The molecule has 0 aromatic heterocycles. The number of esters is 1. The van der Waals surface area contributed by atoms with E-state index in [2.05, 4.69) is 15.1 Å². The molecule has 25 heavy (non-hydrogen) atoms. The van der Waals surface area contributed by atoms with Gasteiger partial charge in [-0.2, -0.15) is 0 Å². The number of benzene rings is 1. The summed E-state index contributed by atoms with van der Waals surface area (Å²) in [6, 6.07) is 10.0. The predicted molar refractivity (Wildman–Crippen MR) is 96.5 cm³/mol. The van der Waals surface area contributed by atoms with Gasteiger partial charge in [-0.3, -0.25) is 9.80 Å². The van der Waals surface area contributed by atoms with Crippen LogP contribution in [0.1, 0.15) is 19.8 Å². The average Bonchev–Trinajstić information content (AvgIpc) is 2.68. The Bertz CT molecular complexity index is 526. The first-order chi connectivity index (χ1) is 12.2. The molecule has 0 radical (unpaired) electrons. The fourth-order valence-corrected chi connectivity index (χ4v) is 3.60. The third kappa shape index (κ3) is 5.42. The third-order valence-electron chi connectivity index (χ3n) is 5.09. The molecule has 1 atom stereocenters. The molecule has 6 heteroatoms. The third-order valence-corrected chi connectivity index (χ3v) is 5.09. The molecule has 2 aliphatic heterocycles. The molecule has 1 aromatic rings. The van der Waals surface area contributed by atoms with Gasteiger partial charge in [0.05, 0.1) is 0 Å². The first-order valence-electron chi connectivity index (χ1n) is 9.28. The predicted octanol–water partition coefficient (Wildman–Crippen LogP) is 1.32. The topological polar surface area (TPSA) is 54.0 Å². The highest BCUT2D eigenvalue weighted by molar-refractivity contribution is 5.71. The maximum atomic E-state index is 12.0. The van der Waals surface area contributed by atoms with Crippen molar-refractivity contribution in [2.75, 3.05) is 45.9 Å². The summed E-state index contributed by atoms with van der Waals surface area (Å²) in [7, 11) is 0. The van der Waals surface area contributed by atoms with E-state index in [9.17, 15) is 4.79 Å². The van der Waals surface area contributed by atoms with E-state index in [1.165, 1.54) is 12.8 Å². The van der Waals surface area contributed by atoms with Gasteiger partial charge in [-0.15, -0.1) is 0 Å². The van der Waals surface area contributed by atoms with Crippen LogP contribution in [0.5, 0.6) is 5.75 Å².